The fourth-order valence-corrected chi connectivity index (χ4v) is 6.37. The molecule has 2 aliphatic heterocycles. The molecule has 0 unspecified atom stereocenters. The van der Waals surface area contributed by atoms with Crippen molar-refractivity contribution in [1.82, 2.24) is 19.4 Å². The molecule has 180 valence electrons. The molecular weight excluding hydrogens is 482 g/mol. The zero-order valence-electron chi connectivity index (χ0n) is 19.5. The third kappa shape index (κ3) is 3.61. The van der Waals surface area contributed by atoms with Crippen molar-refractivity contribution in [3.63, 3.8) is 0 Å². The van der Waals surface area contributed by atoms with Crippen LogP contribution in [0.5, 0.6) is 5.75 Å². The lowest BCUT2D eigenvalue weighted by atomic mass is 9.83. The number of benzene rings is 1. The van der Waals surface area contributed by atoms with Gasteiger partial charge in [-0.2, -0.15) is 0 Å². The number of halogens is 1. The normalized spacial score (nSPS) is 18.6. The molecule has 0 amide bonds. The third-order valence-electron chi connectivity index (χ3n) is 6.98. The number of aryl methyl sites for hydroxylation is 1. The fraction of sp³-hybridized carbons (Fsp3) is 0.320. The number of imidazole rings is 1. The molecule has 1 atom stereocenters. The lowest BCUT2D eigenvalue weighted by molar-refractivity contribution is 0.0429. The molecule has 8 nitrogen and oxygen atoms in total. The van der Waals surface area contributed by atoms with Gasteiger partial charge in [-0.25, -0.2) is 15.0 Å². The molecule has 0 aliphatic carbocycles. The molecule has 1 saturated heterocycles. The Balaban J connectivity index is 1.28. The number of para-hydroxylation sites is 1. The van der Waals surface area contributed by atoms with Crippen molar-refractivity contribution in [2.75, 3.05) is 30.4 Å². The summed E-state index contributed by atoms with van der Waals surface area (Å²) in [6.45, 7) is 3.62. The highest BCUT2D eigenvalue weighted by Crippen LogP contribution is 2.47. The first-order valence-electron chi connectivity index (χ1n) is 11.6. The molecule has 6 rings (SSSR count). The summed E-state index contributed by atoms with van der Waals surface area (Å²) in [5.74, 6) is 2.45. The van der Waals surface area contributed by atoms with E-state index in [9.17, 15) is 0 Å². The summed E-state index contributed by atoms with van der Waals surface area (Å²) in [4.78, 5) is 18.1. The van der Waals surface area contributed by atoms with E-state index in [0.29, 0.717) is 10.8 Å². The molecule has 0 radical (unpaired) electrons. The molecule has 4 aromatic rings. The summed E-state index contributed by atoms with van der Waals surface area (Å²) in [7, 11) is 1.81. The summed E-state index contributed by atoms with van der Waals surface area (Å²) in [5.41, 5.74) is 9.18. The van der Waals surface area contributed by atoms with Gasteiger partial charge in [-0.3, -0.25) is 4.40 Å². The van der Waals surface area contributed by atoms with Crippen LogP contribution in [0.1, 0.15) is 30.1 Å². The number of hydrogen-bond acceptors (Lipinski definition) is 8. The number of anilines is 2. The Morgan fingerprint density at radius 1 is 1.17 bits per heavy atom. The number of piperidine rings is 1. The number of nitrogens with two attached hydrogens (primary N) is 1. The third-order valence-corrected chi connectivity index (χ3v) is 8.72. The smallest absolute Gasteiger partial charge is 0.211 e. The zero-order valence-corrected chi connectivity index (χ0v) is 21.1. The van der Waals surface area contributed by atoms with Gasteiger partial charge < -0.3 is 20.7 Å². The highest BCUT2D eigenvalue weighted by molar-refractivity contribution is 7.99. The maximum Gasteiger partial charge on any atom is 0.211 e. The largest absolute Gasteiger partial charge is 0.485 e. The number of nitrogens with one attached hydrogen (secondary N) is 1. The van der Waals surface area contributed by atoms with E-state index in [0.717, 1.165) is 64.3 Å². The molecule has 1 fully saturated rings. The van der Waals surface area contributed by atoms with Crippen molar-refractivity contribution in [2.24, 2.45) is 5.73 Å². The number of rotatable bonds is 4. The summed E-state index contributed by atoms with van der Waals surface area (Å²) in [5, 5.41) is 3.62. The van der Waals surface area contributed by atoms with Crippen LogP contribution in [0.3, 0.4) is 0 Å². The van der Waals surface area contributed by atoms with Gasteiger partial charge in [-0.15, -0.1) is 0 Å². The van der Waals surface area contributed by atoms with Gasteiger partial charge in [0.2, 0.25) is 5.95 Å². The van der Waals surface area contributed by atoms with Crippen molar-refractivity contribution in [3.8, 4) is 5.75 Å². The van der Waals surface area contributed by atoms with E-state index in [-0.39, 0.29) is 11.6 Å². The summed E-state index contributed by atoms with van der Waals surface area (Å²) in [6, 6.07) is 9.91. The van der Waals surface area contributed by atoms with Crippen LogP contribution in [0.4, 0.5) is 11.8 Å². The second-order valence-corrected chi connectivity index (χ2v) is 10.4. The van der Waals surface area contributed by atoms with Gasteiger partial charge in [0.25, 0.3) is 0 Å². The number of nitrogens with zero attached hydrogens (tertiary/aromatic N) is 5. The van der Waals surface area contributed by atoms with Crippen molar-refractivity contribution in [1.29, 1.82) is 0 Å². The molecule has 2 aliphatic rings. The summed E-state index contributed by atoms with van der Waals surface area (Å²) in [6.07, 6.45) is 7.19. The first kappa shape index (κ1) is 22.5. The minimum Gasteiger partial charge on any atom is -0.485 e. The van der Waals surface area contributed by atoms with Crippen LogP contribution in [-0.4, -0.2) is 45.1 Å². The predicted octanol–water partition coefficient (Wildman–Crippen LogP) is 4.71. The van der Waals surface area contributed by atoms with Crippen LogP contribution in [-0.2, 0) is 0 Å². The van der Waals surface area contributed by atoms with Gasteiger partial charge in [-0.1, -0.05) is 41.6 Å². The van der Waals surface area contributed by atoms with E-state index in [1.807, 2.05) is 50.6 Å². The summed E-state index contributed by atoms with van der Waals surface area (Å²) >= 11 is 8.13. The van der Waals surface area contributed by atoms with Gasteiger partial charge >= 0.3 is 0 Å². The summed E-state index contributed by atoms with van der Waals surface area (Å²) < 4.78 is 8.49. The lowest BCUT2D eigenvalue weighted by Crippen LogP contribution is -2.52. The van der Waals surface area contributed by atoms with Gasteiger partial charge in [0.1, 0.15) is 17.2 Å². The monoisotopic (exact) mass is 507 g/mol. The first-order chi connectivity index (χ1) is 17.0. The quantitative estimate of drug-likeness (QED) is 0.410. The Morgan fingerprint density at radius 2 is 1.97 bits per heavy atom. The van der Waals surface area contributed by atoms with Gasteiger partial charge in [0, 0.05) is 62.0 Å². The van der Waals surface area contributed by atoms with Crippen molar-refractivity contribution in [2.45, 2.75) is 41.2 Å². The Kier molecular flexibility index (Phi) is 5.51. The van der Waals surface area contributed by atoms with E-state index in [1.54, 1.807) is 18.0 Å². The molecule has 1 spiro atoms. The molecular formula is C25H26ClN7OS. The molecule has 35 heavy (non-hydrogen) atoms. The first-order valence-corrected chi connectivity index (χ1v) is 12.8. The van der Waals surface area contributed by atoms with E-state index in [2.05, 4.69) is 30.7 Å². The maximum absolute atomic E-state index is 6.67. The average molecular weight is 508 g/mol. The minimum atomic E-state index is -0.359. The van der Waals surface area contributed by atoms with E-state index < -0.39 is 0 Å². The average Bonchev–Trinajstić information content (AvgIpc) is 3.46. The van der Waals surface area contributed by atoms with E-state index >= 15 is 0 Å². The van der Waals surface area contributed by atoms with Gasteiger partial charge in [0.05, 0.1) is 21.7 Å². The molecule has 1 aromatic carbocycles. The Morgan fingerprint density at radius 3 is 2.74 bits per heavy atom. The van der Waals surface area contributed by atoms with Crippen LogP contribution in [0.25, 0.3) is 5.65 Å². The van der Waals surface area contributed by atoms with Crippen LogP contribution >= 0.6 is 23.4 Å². The highest BCUT2D eigenvalue weighted by atomic mass is 35.5. The maximum atomic E-state index is 6.67. The molecule has 0 bridgehead atoms. The van der Waals surface area contributed by atoms with Crippen molar-refractivity contribution >= 4 is 40.8 Å². The molecule has 10 heteroatoms. The Labute approximate surface area is 212 Å². The fourth-order valence-electron chi connectivity index (χ4n) is 5.08. The van der Waals surface area contributed by atoms with Gasteiger partial charge in [0.15, 0.2) is 5.65 Å². The molecule has 3 N–H and O–H groups in total. The molecule has 3 aromatic heterocycles. The topological polar surface area (TPSA) is 93.6 Å². The molecule has 0 saturated carbocycles. The Bertz CT molecular complexity index is 1420. The number of pyridine rings is 1. The second-order valence-electron chi connectivity index (χ2n) is 8.94. The number of aromatic nitrogens is 4. The highest BCUT2D eigenvalue weighted by Gasteiger charge is 2.48. The predicted molar refractivity (Wildman–Crippen MR) is 139 cm³/mol. The van der Waals surface area contributed by atoms with Crippen LogP contribution in [0.15, 0.2) is 58.7 Å². The van der Waals surface area contributed by atoms with Crippen LogP contribution < -0.4 is 20.7 Å². The zero-order chi connectivity index (χ0) is 24.2. The van der Waals surface area contributed by atoms with E-state index in [1.165, 1.54) is 0 Å². The minimum absolute atomic E-state index is 0.116. The van der Waals surface area contributed by atoms with Gasteiger partial charge in [-0.05, 0) is 19.1 Å². The number of ether oxygens (including phenoxy) is 1. The second kappa shape index (κ2) is 8.58. The standard InChI is InChI=1S/C25H26ClN7OS/c1-15-20(35-18-7-10-29-22(28-2)19(18)26)23-30-11-14-33(23)24(31-15)32-12-8-25(9-13-32)21(27)16-5-3-4-6-17(16)34-25/h3-7,10-11,14,21H,8-9,12-13,27H2,1-2H3,(H,28,29)/t21-/m1/s1. The van der Waals surface area contributed by atoms with Crippen molar-refractivity contribution in [3.05, 3.63) is 65.2 Å². The van der Waals surface area contributed by atoms with Crippen LogP contribution in [0.2, 0.25) is 5.02 Å². The Hall–Kier alpha value is -3.01. The van der Waals surface area contributed by atoms with E-state index in [4.69, 9.17) is 27.1 Å². The van der Waals surface area contributed by atoms with Crippen LogP contribution in [0, 0.1) is 6.92 Å². The lowest BCUT2D eigenvalue weighted by Gasteiger charge is -2.41. The number of fused-ring (bicyclic) bond motifs is 2. The van der Waals surface area contributed by atoms with Crippen molar-refractivity contribution < 1.29 is 4.74 Å². The molecule has 5 heterocycles. The number of hydrogen-bond donors (Lipinski definition) is 2. The SMILES string of the molecule is CNc1nccc(Sc2c(C)nc(N3CCC4(CC3)Oc3ccccc3[C@H]4N)n3ccnc23)c1Cl.